The number of hydrogen-bond donors (Lipinski definition) is 3. The zero-order valence-corrected chi connectivity index (χ0v) is 19.8. The summed E-state index contributed by atoms with van der Waals surface area (Å²) in [4.78, 5) is 25.6. The Morgan fingerprint density at radius 3 is 3.00 bits per heavy atom. The smallest absolute Gasteiger partial charge is 0.224 e. The number of aromatic hydroxyl groups is 1. The van der Waals surface area contributed by atoms with E-state index in [1.54, 1.807) is 40.6 Å². The molecule has 1 fully saturated rings. The Balaban J connectivity index is 1.60. The number of carbonyl (C=O) groups is 1. The fourth-order valence-corrected chi connectivity index (χ4v) is 7.46. The number of rotatable bonds is 5. The highest BCUT2D eigenvalue weighted by atomic mass is 32.2. The molecular weight excluding hydrogens is 448 g/mol. The Morgan fingerprint density at radius 1 is 1.32 bits per heavy atom. The van der Waals surface area contributed by atoms with Gasteiger partial charge < -0.3 is 20.3 Å². The largest absolute Gasteiger partial charge is 0.494 e. The van der Waals surface area contributed by atoms with Crippen molar-refractivity contribution in [2.24, 2.45) is 0 Å². The lowest BCUT2D eigenvalue weighted by molar-refractivity contribution is -0.136. The van der Waals surface area contributed by atoms with Crippen molar-refractivity contribution in [2.45, 2.75) is 61.5 Å². The number of carbonyl (C=O) groups excluding carboxylic acids is 1. The minimum Gasteiger partial charge on any atom is -0.494 e. The highest BCUT2D eigenvalue weighted by Crippen LogP contribution is 2.49. The molecule has 3 N–H and O–H groups in total. The maximum Gasteiger partial charge on any atom is 0.224 e. The van der Waals surface area contributed by atoms with Crippen molar-refractivity contribution in [3.05, 3.63) is 44.7 Å². The van der Waals surface area contributed by atoms with E-state index in [1.807, 2.05) is 11.6 Å². The van der Waals surface area contributed by atoms with Crippen molar-refractivity contribution >= 4 is 46.0 Å². The fourth-order valence-electron chi connectivity index (χ4n) is 4.95. The first kappa shape index (κ1) is 20.9. The molecule has 5 rings (SSSR count). The molecule has 0 spiro atoms. The third-order valence-corrected chi connectivity index (χ3v) is 9.06. The summed E-state index contributed by atoms with van der Waals surface area (Å²) >= 11 is 4.95. The van der Waals surface area contributed by atoms with E-state index in [2.05, 4.69) is 37.9 Å². The van der Waals surface area contributed by atoms with Gasteiger partial charge in [0.2, 0.25) is 5.91 Å². The standard InChI is InChI=1S/C22H26N4O2S3/c1-29-16-8-10-31-21(16)20-19-14(12-24-22(19)28)25-13-4-2-3-5-15(13)26(20)18(27)7-6-17-23-9-11-30-17/h8-13,15,20,24-25,28H,2-7H2,1H3/t13-,15-,20+/m1/s1. The van der Waals surface area contributed by atoms with Crippen LogP contribution < -0.4 is 5.32 Å². The van der Waals surface area contributed by atoms with Crippen LogP contribution in [0.15, 0.2) is 34.1 Å². The van der Waals surface area contributed by atoms with E-state index in [0.717, 1.165) is 51.7 Å². The first-order valence-corrected chi connectivity index (χ1v) is 13.6. The lowest BCUT2D eigenvalue weighted by Gasteiger charge is -2.42. The molecule has 2 aliphatic rings. The maximum atomic E-state index is 13.8. The minimum atomic E-state index is -0.298. The number of nitrogens with one attached hydrogen (secondary N) is 2. The molecule has 4 heterocycles. The molecule has 1 saturated carbocycles. The van der Waals surface area contributed by atoms with Gasteiger partial charge in [0.1, 0.15) is 6.04 Å². The second-order valence-electron chi connectivity index (χ2n) is 8.05. The Morgan fingerprint density at radius 2 is 2.19 bits per heavy atom. The third kappa shape index (κ3) is 3.87. The Hall–Kier alpha value is -1.97. The van der Waals surface area contributed by atoms with Crippen molar-refractivity contribution in [1.82, 2.24) is 14.9 Å². The van der Waals surface area contributed by atoms with E-state index in [0.29, 0.717) is 12.8 Å². The average Bonchev–Trinajstić information content (AvgIpc) is 3.52. The van der Waals surface area contributed by atoms with Crippen molar-refractivity contribution < 1.29 is 9.90 Å². The number of H-pyrrole nitrogens is 1. The number of thiazole rings is 1. The number of thioether (sulfide) groups is 1. The predicted octanol–water partition coefficient (Wildman–Crippen LogP) is 5.25. The van der Waals surface area contributed by atoms with Crippen LogP contribution in [0.25, 0.3) is 0 Å². The molecule has 0 saturated heterocycles. The van der Waals surface area contributed by atoms with Crippen LogP contribution in [0.3, 0.4) is 0 Å². The number of hydrogen-bond acceptors (Lipinski definition) is 7. The molecule has 3 aromatic rings. The molecule has 1 amide bonds. The zero-order valence-electron chi connectivity index (χ0n) is 17.3. The summed E-state index contributed by atoms with van der Waals surface area (Å²) in [6, 6.07) is 2.11. The van der Waals surface area contributed by atoms with Gasteiger partial charge in [-0.05, 0) is 30.5 Å². The normalized spacial score (nSPS) is 23.0. The molecule has 0 radical (unpaired) electrons. The monoisotopic (exact) mass is 474 g/mol. The summed E-state index contributed by atoms with van der Waals surface area (Å²) in [5, 5.41) is 19.5. The van der Waals surface area contributed by atoms with Crippen LogP contribution in [0.1, 0.15) is 53.6 Å². The lowest BCUT2D eigenvalue weighted by Crippen LogP contribution is -2.51. The number of aromatic nitrogens is 2. The summed E-state index contributed by atoms with van der Waals surface area (Å²) in [6.07, 6.45) is 11.1. The highest BCUT2D eigenvalue weighted by Gasteiger charge is 2.44. The maximum absolute atomic E-state index is 13.8. The lowest BCUT2D eigenvalue weighted by atomic mass is 9.88. The molecule has 3 atom stereocenters. The Kier molecular flexibility index (Phi) is 5.99. The summed E-state index contributed by atoms with van der Waals surface area (Å²) in [5.74, 6) is 0.275. The summed E-state index contributed by atoms with van der Waals surface area (Å²) in [5.41, 5.74) is 1.70. The van der Waals surface area contributed by atoms with E-state index in [9.17, 15) is 9.90 Å². The van der Waals surface area contributed by atoms with Crippen LogP contribution in [0.4, 0.5) is 5.69 Å². The second-order valence-corrected chi connectivity index (χ2v) is 10.8. The molecule has 31 heavy (non-hydrogen) atoms. The van der Waals surface area contributed by atoms with Crippen LogP contribution in [-0.4, -0.2) is 44.2 Å². The molecule has 6 nitrogen and oxygen atoms in total. The number of fused-ring (bicyclic) bond motifs is 2. The molecule has 3 aromatic heterocycles. The van der Waals surface area contributed by atoms with Crippen molar-refractivity contribution in [2.75, 3.05) is 11.6 Å². The molecule has 0 aromatic carbocycles. The molecule has 164 valence electrons. The minimum absolute atomic E-state index is 0.103. The van der Waals surface area contributed by atoms with Crippen LogP contribution >= 0.6 is 34.4 Å². The van der Waals surface area contributed by atoms with Crippen molar-refractivity contribution in [3.8, 4) is 5.88 Å². The molecule has 1 aliphatic heterocycles. The molecule has 1 aliphatic carbocycles. The molecule has 9 heteroatoms. The first-order chi connectivity index (χ1) is 15.2. The number of anilines is 1. The topological polar surface area (TPSA) is 81.2 Å². The summed E-state index contributed by atoms with van der Waals surface area (Å²) in [7, 11) is 0. The van der Waals surface area contributed by atoms with Crippen LogP contribution in [0.5, 0.6) is 5.88 Å². The van der Waals surface area contributed by atoms with E-state index in [1.165, 1.54) is 0 Å². The van der Waals surface area contributed by atoms with Gasteiger partial charge in [0.05, 0.1) is 22.3 Å². The van der Waals surface area contributed by atoms with Gasteiger partial charge in [-0.15, -0.1) is 34.4 Å². The fraction of sp³-hybridized carbons (Fsp3) is 0.455. The van der Waals surface area contributed by atoms with Gasteiger partial charge in [-0.3, -0.25) is 4.79 Å². The van der Waals surface area contributed by atoms with Crippen molar-refractivity contribution in [1.29, 1.82) is 0 Å². The number of amides is 1. The van der Waals surface area contributed by atoms with Gasteiger partial charge in [0, 0.05) is 46.4 Å². The average molecular weight is 475 g/mol. The third-order valence-electron chi connectivity index (χ3n) is 6.33. The zero-order chi connectivity index (χ0) is 21.4. The molecule has 0 unspecified atom stereocenters. The van der Waals surface area contributed by atoms with E-state index in [-0.39, 0.29) is 29.9 Å². The van der Waals surface area contributed by atoms with Gasteiger partial charge in [-0.25, -0.2) is 4.98 Å². The van der Waals surface area contributed by atoms with Gasteiger partial charge >= 0.3 is 0 Å². The van der Waals surface area contributed by atoms with Crippen molar-refractivity contribution in [3.63, 3.8) is 0 Å². The predicted molar refractivity (Wildman–Crippen MR) is 127 cm³/mol. The van der Waals surface area contributed by atoms with Gasteiger partial charge in [0.25, 0.3) is 0 Å². The molecule has 0 bridgehead atoms. The van der Waals surface area contributed by atoms with Crippen LogP contribution in [-0.2, 0) is 11.2 Å². The van der Waals surface area contributed by atoms with Gasteiger partial charge in [0.15, 0.2) is 5.88 Å². The number of aromatic amines is 1. The van der Waals surface area contributed by atoms with E-state index >= 15 is 0 Å². The summed E-state index contributed by atoms with van der Waals surface area (Å²) < 4.78 is 0. The van der Waals surface area contributed by atoms with Crippen LogP contribution in [0, 0.1) is 0 Å². The van der Waals surface area contributed by atoms with Gasteiger partial charge in [-0.2, -0.15) is 0 Å². The number of thiophene rings is 1. The number of nitrogens with zero attached hydrogens (tertiary/aromatic N) is 2. The number of aryl methyl sites for hydroxylation is 1. The Bertz CT molecular complexity index is 1050. The Labute approximate surface area is 194 Å². The van der Waals surface area contributed by atoms with Gasteiger partial charge in [-0.1, -0.05) is 12.8 Å². The first-order valence-electron chi connectivity index (χ1n) is 10.6. The highest BCUT2D eigenvalue weighted by molar-refractivity contribution is 7.98. The second kappa shape index (κ2) is 8.88. The van der Waals surface area contributed by atoms with E-state index in [4.69, 9.17) is 0 Å². The SMILES string of the molecule is CSc1ccsc1[C@@H]1c2c(c[nH]c2O)N[C@@H]2CCCC[C@H]2N1C(=O)CCc1nccs1. The summed E-state index contributed by atoms with van der Waals surface area (Å²) in [6.45, 7) is 0. The molecular formula is C22H26N4O2S3. The van der Waals surface area contributed by atoms with Crippen LogP contribution in [0.2, 0.25) is 0 Å². The quantitative estimate of drug-likeness (QED) is 0.440. The van der Waals surface area contributed by atoms with E-state index < -0.39 is 0 Å².